The van der Waals surface area contributed by atoms with Crippen LogP contribution in [-0.4, -0.2) is 48.8 Å². The third-order valence-corrected chi connectivity index (χ3v) is 5.02. The molecule has 0 bridgehead atoms. The number of nitriles is 1. The van der Waals surface area contributed by atoms with Gasteiger partial charge >= 0.3 is 5.97 Å². The molecule has 1 aliphatic rings. The van der Waals surface area contributed by atoms with E-state index in [4.69, 9.17) is 14.5 Å². The lowest BCUT2D eigenvalue weighted by atomic mass is 9.98. The minimum Gasteiger partial charge on any atom is -0.459 e. The SMILES string of the molecule is COC[C@H](C)OC(=O)[C@@H](C#N)c1nc2ccccc2nc1N1CCC(C)CC1. The van der Waals surface area contributed by atoms with Crippen molar-refractivity contribution in [1.29, 1.82) is 5.26 Å². The summed E-state index contributed by atoms with van der Waals surface area (Å²) in [5, 5.41) is 9.76. The molecule has 2 aromatic rings. The van der Waals surface area contributed by atoms with Crippen molar-refractivity contribution in [2.45, 2.75) is 38.7 Å². The first-order valence-electron chi connectivity index (χ1n) is 9.64. The van der Waals surface area contributed by atoms with Gasteiger partial charge in [-0.3, -0.25) is 4.79 Å². The van der Waals surface area contributed by atoms with Crippen LogP contribution in [0.1, 0.15) is 38.3 Å². The van der Waals surface area contributed by atoms with E-state index in [1.165, 1.54) is 7.11 Å². The number of hydrogen-bond acceptors (Lipinski definition) is 7. The number of ether oxygens (including phenoxy) is 2. The van der Waals surface area contributed by atoms with E-state index in [2.05, 4.69) is 22.9 Å². The summed E-state index contributed by atoms with van der Waals surface area (Å²) in [7, 11) is 1.54. The first-order valence-corrected chi connectivity index (χ1v) is 9.64. The zero-order valence-electron chi connectivity index (χ0n) is 16.6. The average molecular weight is 382 g/mol. The molecule has 148 valence electrons. The smallest absolute Gasteiger partial charge is 0.330 e. The van der Waals surface area contributed by atoms with Crippen molar-refractivity contribution in [2.75, 3.05) is 31.7 Å². The molecule has 7 nitrogen and oxygen atoms in total. The molecule has 1 aromatic heterocycles. The number of anilines is 1. The Hall–Kier alpha value is -2.72. The van der Waals surface area contributed by atoms with Crippen LogP contribution in [0.4, 0.5) is 5.82 Å². The normalized spacial score (nSPS) is 17.1. The molecule has 0 N–H and O–H groups in total. The summed E-state index contributed by atoms with van der Waals surface area (Å²) in [6.07, 6.45) is 1.64. The highest BCUT2D eigenvalue weighted by atomic mass is 16.6. The number of para-hydroxylation sites is 2. The number of hydrogen-bond donors (Lipinski definition) is 0. The maximum absolute atomic E-state index is 12.7. The van der Waals surface area contributed by atoms with Crippen LogP contribution in [0.2, 0.25) is 0 Å². The molecule has 2 heterocycles. The van der Waals surface area contributed by atoms with Crippen molar-refractivity contribution in [3.05, 3.63) is 30.0 Å². The third kappa shape index (κ3) is 4.39. The molecule has 0 saturated carbocycles. The molecule has 0 unspecified atom stereocenters. The first kappa shape index (κ1) is 20.0. The Bertz CT molecular complexity index is 872. The van der Waals surface area contributed by atoms with E-state index in [-0.39, 0.29) is 6.61 Å². The Balaban J connectivity index is 2.00. The molecule has 1 saturated heterocycles. The second kappa shape index (κ2) is 8.98. The summed E-state index contributed by atoms with van der Waals surface area (Å²) in [5.74, 6) is -0.498. The molecule has 1 fully saturated rings. The molecule has 7 heteroatoms. The van der Waals surface area contributed by atoms with Gasteiger partial charge in [0.05, 0.1) is 23.7 Å². The summed E-state index contributed by atoms with van der Waals surface area (Å²) >= 11 is 0. The van der Waals surface area contributed by atoms with E-state index in [0.717, 1.165) is 31.4 Å². The molecule has 1 aromatic carbocycles. The number of aromatic nitrogens is 2. The first-order chi connectivity index (χ1) is 13.5. The van der Waals surface area contributed by atoms with Gasteiger partial charge in [0, 0.05) is 20.2 Å². The number of benzene rings is 1. The zero-order valence-corrected chi connectivity index (χ0v) is 16.6. The number of carbonyl (C=O) groups excluding carboxylic acids is 1. The molecule has 1 aliphatic heterocycles. The molecule has 0 spiro atoms. The number of rotatable bonds is 6. The van der Waals surface area contributed by atoms with Crippen LogP contribution in [0.25, 0.3) is 11.0 Å². The highest BCUT2D eigenvalue weighted by Gasteiger charge is 2.32. The Morgan fingerprint density at radius 2 is 1.93 bits per heavy atom. The van der Waals surface area contributed by atoms with Crippen LogP contribution >= 0.6 is 0 Å². The van der Waals surface area contributed by atoms with E-state index in [9.17, 15) is 10.1 Å². The summed E-state index contributed by atoms with van der Waals surface area (Å²) in [6.45, 7) is 5.89. The van der Waals surface area contributed by atoms with Crippen LogP contribution in [-0.2, 0) is 14.3 Å². The zero-order chi connectivity index (χ0) is 20.1. The van der Waals surface area contributed by atoms with Gasteiger partial charge in [0.25, 0.3) is 0 Å². The summed E-state index contributed by atoms with van der Waals surface area (Å²) in [6, 6.07) is 9.57. The molecule has 28 heavy (non-hydrogen) atoms. The quantitative estimate of drug-likeness (QED) is 0.710. The van der Waals surface area contributed by atoms with Crippen molar-refractivity contribution in [3.8, 4) is 6.07 Å². The van der Waals surface area contributed by atoms with Crippen LogP contribution in [0, 0.1) is 17.2 Å². The predicted octanol–water partition coefficient (Wildman–Crippen LogP) is 3.05. The predicted molar refractivity (Wildman–Crippen MR) is 106 cm³/mol. The lowest BCUT2D eigenvalue weighted by Gasteiger charge is -2.32. The van der Waals surface area contributed by atoms with Crippen LogP contribution in [0.15, 0.2) is 24.3 Å². The second-order valence-corrected chi connectivity index (χ2v) is 7.36. The van der Waals surface area contributed by atoms with E-state index in [0.29, 0.717) is 22.9 Å². The van der Waals surface area contributed by atoms with Gasteiger partial charge in [0.1, 0.15) is 11.8 Å². The highest BCUT2D eigenvalue weighted by molar-refractivity contribution is 5.85. The standard InChI is InChI=1S/C21H26N4O3/c1-14-8-10-25(11-9-14)20-19(23-17-6-4-5-7-18(17)24-20)16(12-22)21(26)28-15(2)13-27-3/h4-7,14-16H,8-11,13H2,1-3H3/t15-,16-/m0/s1. The van der Waals surface area contributed by atoms with Gasteiger partial charge in [0.15, 0.2) is 11.7 Å². The topological polar surface area (TPSA) is 88.3 Å². The van der Waals surface area contributed by atoms with Gasteiger partial charge < -0.3 is 14.4 Å². The third-order valence-electron chi connectivity index (χ3n) is 5.02. The monoisotopic (exact) mass is 382 g/mol. The van der Waals surface area contributed by atoms with Crippen molar-refractivity contribution in [1.82, 2.24) is 9.97 Å². The number of carbonyl (C=O) groups is 1. The van der Waals surface area contributed by atoms with E-state index in [1.54, 1.807) is 6.92 Å². The van der Waals surface area contributed by atoms with Crippen molar-refractivity contribution < 1.29 is 14.3 Å². The fraction of sp³-hybridized carbons (Fsp3) is 0.524. The van der Waals surface area contributed by atoms with Gasteiger partial charge in [-0.1, -0.05) is 19.1 Å². The number of methoxy groups -OCH3 is 1. The molecule has 3 rings (SSSR count). The Morgan fingerprint density at radius 3 is 2.54 bits per heavy atom. The van der Waals surface area contributed by atoms with Crippen LogP contribution < -0.4 is 4.90 Å². The minimum atomic E-state index is -1.13. The number of nitrogens with zero attached hydrogens (tertiary/aromatic N) is 4. The fourth-order valence-corrected chi connectivity index (χ4v) is 3.41. The Labute approximate surface area is 165 Å². The molecule has 2 atom stereocenters. The van der Waals surface area contributed by atoms with E-state index >= 15 is 0 Å². The van der Waals surface area contributed by atoms with Gasteiger partial charge in [-0.15, -0.1) is 0 Å². The summed E-state index contributed by atoms with van der Waals surface area (Å²) in [4.78, 5) is 24.3. The lowest BCUT2D eigenvalue weighted by Crippen LogP contribution is -2.35. The fourth-order valence-electron chi connectivity index (χ4n) is 3.41. The second-order valence-electron chi connectivity index (χ2n) is 7.36. The van der Waals surface area contributed by atoms with Crippen molar-refractivity contribution in [2.24, 2.45) is 5.92 Å². The van der Waals surface area contributed by atoms with Crippen molar-refractivity contribution in [3.63, 3.8) is 0 Å². The maximum Gasteiger partial charge on any atom is 0.330 e. The number of esters is 1. The molecule has 0 aliphatic carbocycles. The highest BCUT2D eigenvalue weighted by Crippen LogP contribution is 2.30. The number of piperidine rings is 1. The molecule has 0 amide bonds. The van der Waals surface area contributed by atoms with Crippen molar-refractivity contribution >= 4 is 22.8 Å². The van der Waals surface area contributed by atoms with Gasteiger partial charge in [0.2, 0.25) is 0 Å². The maximum atomic E-state index is 12.7. The summed E-state index contributed by atoms with van der Waals surface area (Å²) < 4.78 is 10.4. The van der Waals surface area contributed by atoms with Crippen LogP contribution in [0.5, 0.6) is 0 Å². The Morgan fingerprint density at radius 1 is 1.29 bits per heavy atom. The Kier molecular flexibility index (Phi) is 6.42. The minimum absolute atomic E-state index is 0.268. The van der Waals surface area contributed by atoms with Crippen LogP contribution in [0.3, 0.4) is 0 Å². The van der Waals surface area contributed by atoms with E-state index in [1.807, 2.05) is 24.3 Å². The lowest BCUT2D eigenvalue weighted by molar-refractivity contribution is -0.150. The summed E-state index contributed by atoms with van der Waals surface area (Å²) in [5.41, 5.74) is 1.77. The molecular weight excluding hydrogens is 356 g/mol. The van der Waals surface area contributed by atoms with Gasteiger partial charge in [-0.05, 0) is 37.8 Å². The average Bonchev–Trinajstić information content (AvgIpc) is 2.69. The largest absolute Gasteiger partial charge is 0.459 e. The van der Waals surface area contributed by atoms with E-state index < -0.39 is 18.0 Å². The van der Waals surface area contributed by atoms with Gasteiger partial charge in [-0.25, -0.2) is 9.97 Å². The number of fused-ring (bicyclic) bond motifs is 1. The molecule has 0 radical (unpaired) electrons. The van der Waals surface area contributed by atoms with Gasteiger partial charge in [-0.2, -0.15) is 5.26 Å². The molecular formula is C21H26N4O3.